The van der Waals surface area contributed by atoms with Gasteiger partial charge in [-0.15, -0.1) is 0 Å². The molecule has 2 heterocycles. The molecule has 1 aromatic heterocycles. The van der Waals surface area contributed by atoms with Crippen LogP contribution in [0.25, 0.3) is 0 Å². The minimum atomic E-state index is 0.187. The minimum absolute atomic E-state index is 0.187. The Balaban J connectivity index is 1.60. The van der Waals surface area contributed by atoms with Gasteiger partial charge in [0.15, 0.2) is 0 Å². The first-order valence-corrected chi connectivity index (χ1v) is 8.12. The monoisotopic (exact) mass is 315 g/mol. The molecule has 1 fully saturated rings. The van der Waals surface area contributed by atoms with Crippen LogP contribution in [-0.4, -0.2) is 47.6 Å². The van der Waals surface area contributed by atoms with E-state index in [0.29, 0.717) is 0 Å². The minimum Gasteiger partial charge on any atom is -0.497 e. The molecule has 3 rings (SSSR count). The maximum atomic E-state index is 5.93. The van der Waals surface area contributed by atoms with Crippen LogP contribution in [0.3, 0.4) is 0 Å². The van der Waals surface area contributed by atoms with E-state index in [1.807, 2.05) is 19.1 Å². The quantitative estimate of drug-likeness (QED) is 0.849. The number of hydrogen-bond acceptors (Lipinski definition) is 4. The Morgan fingerprint density at radius 3 is 2.91 bits per heavy atom. The summed E-state index contributed by atoms with van der Waals surface area (Å²) in [6, 6.07) is 10.4. The second-order valence-corrected chi connectivity index (χ2v) is 6.19. The van der Waals surface area contributed by atoms with Crippen LogP contribution in [0.1, 0.15) is 17.0 Å². The van der Waals surface area contributed by atoms with Gasteiger partial charge < -0.3 is 9.47 Å². The highest BCUT2D eigenvalue weighted by Gasteiger charge is 2.22. The summed E-state index contributed by atoms with van der Waals surface area (Å²) in [6.07, 6.45) is 0.187. The molecule has 0 spiro atoms. The molecule has 1 atom stereocenters. The number of rotatable bonds is 5. The second-order valence-electron chi connectivity index (χ2n) is 6.19. The van der Waals surface area contributed by atoms with E-state index in [-0.39, 0.29) is 6.10 Å². The highest BCUT2D eigenvalue weighted by molar-refractivity contribution is 5.28. The number of hydrogen-bond donors (Lipinski definition) is 0. The maximum absolute atomic E-state index is 5.93. The Hall–Kier alpha value is -1.85. The van der Waals surface area contributed by atoms with Crippen molar-refractivity contribution in [1.82, 2.24) is 14.7 Å². The zero-order valence-electron chi connectivity index (χ0n) is 14.2. The van der Waals surface area contributed by atoms with Crippen molar-refractivity contribution in [3.8, 4) is 5.75 Å². The molecule has 1 aliphatic heterocycles. The summed E-state index contributed by atoms with van der Waals surface area (Å²) in [5.74, 6) is 0.912. The van der Waals surface area contributed by atoms with Crippen molar-refractivity contribution in [3.05, 3.63) is 47.3 Å². The highest BCUT2D eigenvalue weighted by Crippen LogP contribution is 2.17. The number of aryl methyl sites for hydroxylation is 2. The average molecular weight is 315 g/mol. The van der Waals surface area contributed by atoms with E-state index in [9.17, 15) is 0 Å². The van der Waals surface area contributed by atoms with Crippen molar-refractivity contribution >= 4 is 0 Å². The standard InChI is InChI=1S/C18H25N3O2/c1-14-9-15(2)21(19-14)13-18-12-20(7-8-23-18)11-16-5-4-6-17(10-16)22-3/h4-6,9-10,18H,7-8,11-13H2,1-3H3. The number of methoxy groups -OCH3 is 1. The average Bonchev–Trinajstić information content (AvgIpc) is 2.85. The van der Waals surface area contributed by atoms with Gasteiger partial charge in [-0.2, -0.15) is 5.10 Å². The Kier molecular flexibility index (Phi) is 4.98. The van der Waals surface area contributed by atoms with E-state index in [0.717, 1.165) is 44.2 Å². The van der Waals surface area contributed by atoms with Crippen LogP contribution in [0, 0.1) is 13.8 Å². The predicted octanol–water partition coefficient (Wildman–Crippen LogP) is 2.41. The SMILES string of the molecule is COc1cccc(CN2CCOC(Cn3nc(C)cc3C)C2)c1. The molecule has 0 saturated carbocycles. The summed E-state index contributed by atoms with van der Waals surface area (Å²) in [7, 11) is 1.71. The Morgan fingerprint density at radius 1 is 1.30 bits per heavy atom. The third kappa shape index (κ3) is 4.12. The molecule has 1 aromatic carbocycles. The van der Waals surface area contributed by atoms with Crippen molar-refractivity contribution in [1.29, 1.82) is 0 Å². The van der Waals surface area contributed by atoms with E-state index in [4.69, 9.17) is 9.47 Å². The van der Waals surface area contributed by atoms with Gasteiger partial charge in [-0.25, -0.2) is 0 Å². The van der Waals surface area contributed by atoms with Gasteiger partial charge in [0.1, 0.15) is 5.75 Å². The smallest absolute Gasteiger partial charge is 0.119 e. The van der Waals surface area contributed by atoms with Crippen molar-refractivity contribution in [2.24, 2.45) is 0 Å². The summed E-state index contributed by atoms with van der Waals surface area (Å²) >= 11 is 0. The van der Waals surface area contributed by atoms with Crippen LogP contribution < -0.4 is 4.74 Å². The molecule has 1 unspecified atom stereocenters. The fraction of sp³-hybridized carbons (Fsp3) is 0.500. The maximum Gasteiger partial charge on any atom is 0.119 e. The molecule has 23 heavy (non-hydrogen) atoms. The molecule has 1 aliphatic rings. The lowest BCUT2D eigenvalue weighted by Gasteiger charge is -2.33. The fourth-order valence-corrected chi connectivity index (χ4v) is 3.12. The van der Waals surface area contributed by atoms with Crippen molar-refractivity contribution in [3.63, 3.8) is 0 Å². The van der Waals surface area contributed by atoms with E-state index in [2.05, 4.69) is 39.8 Å². The van der Waals surface area contributed by atoms with Gasteiger partial charge in [0, 0.05) is 25.3 Å². The Morgan fingerprint density at radius 2 is 2.17 bits per heavy atom. The molecule has 5 nitrogen and oxygen atoms in total. The number of nitrogens with zero attached hydrogens (tertiary/aromatic N) is 3. The molecule has 5 heteroatoms. The number of benzene rings is 1. The van der Waals surface area contributed by atoms with Crippen molar-refractivity contribution in [2.75, 3.05) is 26.8 Å². The van der Waals surface area contributed by atoms with Gasteiger partial charge in [0.05, 0.1) is 32.1 Å². The van der Waals surface area contributed by atoms with Gasteiger partial charge in [-0.05, 0) is 37.6 Å². The molecule has 0 N–H and O–H groups in total. The molecular weight excluding hydrogens is 290 g/mol. The predicted molar refractivity (Wildman–Crippen MR) is 89.7 cm³/mol. The zero-order valence-corrected chi connectivity index (χ0v) is 14.2. The topological polar surface area (TPSA) is 39.5 Å². The normalized spacial score (nSPS) is 19.0. The summed E-state index contributed by atoms with van der Waals surface area (Å²) in [5.41, 5.74) is 3.53. The summed E-state index contributed by atoms with van der Waals surface area (Å²) in [5, 5.41) is 4.54. The number of aromatic nitrogens is 2. The lowest BCUT2D eigenvalue weighted by molar-refractivity contribution is -0.0405. The van der Waals surface area contributed by atoms with Gasteiger partial charge >= 0.3 is 0 Å². The van der Waals surface area contributed by atoms with Crippen LogP contribution in [0.5, 0.6) is 5.75 Å². The van der Waals surface area contributed by atoms with Gasteiger partial charge in [-0.1, -0.05) is 12.1 Å². The largest absolute Gasteiger partial charge is 0.497 e. The fourth-order valence-electron chi connectivity index (χ4n) is 3.12. The van der Waals surface area contributed by atoms with E-state index >= 15 is 0 Å². The first-order valence-electron chi connectivity index (χ1n) is 8.12. The molecular formula is C18H25N3O2. The molecule has 124 valence electrons. The lowest BCUT2D eigenvalue weighted by atomic mass is 10.1. The summed E-state index contributed by atoms with van der Waals surface area (Å²) in [4.78, 5) is 2.44. The Bertz CT molecular complexity index is 653. The van der Waals surface area contributed by atoms with Crippen LogP contribution in [-0.2, 0) is 17.8 Å². The molecule has 0 bridgehead atoms. The van der Waals surface area contributed by atoms with Gasteiger partial charge in [-0.3, -0.25) is 9.58 Å². The molecule has 0 radical (unpaired) electrons. The van der Waals surface area contributed by atoms with Crippen LogP contribution in [0.4, 0.5) is 0 Å². The third-order valence-electron chi connectivity index (χ3n) is 4.24. The molecule has 0 aliphatic carbocycles. The van der Waals surface area contributed by atoms with E-state index < -0.39 is 0 Å². The van der Waals surface area contributed by atoms with E-state index in [1.54, 1.807) is 7.11 Å². The number of morpholine rings is 1. The highest BCUT2D eigenvalue weighted by atomic mass is 16.5. The van der Waals surface area contributed by atoms with Crippen LogP contribution in [0.2, 0.25) is 0 Å². The first kappa shape index (κ1) is 16.0. The Labute approximate surface area is 137 Å². The molecule has 1 saturated heterocycles. The van der Waals surface area contributed by atoms with Crippen LogP contribution in [0.15, 0.2) is 30.3 Å². The molecule has 0 amide bonds. The third-order valence-corrected chi connectivity index (χ3v) is 4.24. The second kappa shape index (κ2) is 7.15. The van der Waals surface area contributed by atoms with Crippen molar-refractivity contribution in [2.45, 2.75) is 33.0 Å². The molecule has 2 aromatic rings. The van der Waals surface area contributed by atoms with E-state index in [1.165, 1.54) is 11.3 Å². The van der Waals surface area contributed by atoms with Crippen molar-refractivity contribution < 1.29 is 9.47 Å². The first-order chi connectivity index (χ1) is 11.1. The van der Waals surface area contributed by atoms with Gasteiger partial charge in [0.2, 0.25) is 0 Å². The van der Waals surface area contributed by atoms with Crippen LogP contribution >= 0.6 is 0 Å². The lowest BCUT2D eigenvalue weighted by Crippen LogP contribution is -2.43. The zero-order chi connectivity index (χ0) is 16.2. The summed E-state index contributed by atoms with van der Waals surface area (Å²) < 4.78 is 13.3. The number of ether oxygens (including phenoxy) is 2. The summed E-state index contributed by atoms with van der Waals surface area (Å²) in [6.45, 7) is 8.52. The van der Waals surface area contributed by atoms with Gasteiger partial charge in [0.25, 0.3) is 0 Å².